The minimum atomic E-state index is -4.33. The van der Waals surface area contributed by atoms with Gasteiger partial charge < -0.3 is 9.88 Å². The van der Waals surface area contributed by atoms with E-state index in [0.29, 0.717) is 6.54 Å². The zero-order valence-electron chi connectivity index (χ0n) is 11.1. The van der Waals surface area contributed by atoms with Crippen LogP contribution in [0.1, 0.15) is 23.7 Å². The summed E-state index contributed by atoms with van der Waals surface area (Å²) in [4.78, 5) is 4.00. The third-order valence-electron chi connectivity index (χ3n) is 3.02. The van der Waals surface area contributed by atoms with Crippen molar-refractivity contribution in [3.8, 4) is 0 Å². The van der Waals surface area contributed by atoms with Gasteiger partial charge in [-0.2, -0.15) is 13.2 Å². The Kier molecular flexibility index (Phi) is 4.44. The number of nitrogens with zero attached hydrogens (tertiary/aromatic N) is 2. The van der Waals surface area contributed by atoms with E-state index in [4.69, 9.17) is 0 Å². The van der Waals surface area contributed by atoms with E-state index in [2.05, 4.69) is 10.3 Å². The molecule has 0 aliphatic rings. The Morgan fingerprint density at radius 1 is 1.25 bits per heavy atom. The highest BCUT2D eigenvalue weighted by molar-refractivity contribution is 5.30. The van der Waals surface area contributed by atoms with Crippen LogP contribution in [0.5, 0.6) is 0 Å². The Morgan fingerprint density at radius 2 is 2.00 bits per heavy atom. The standard InChI is InChI=1S/C14H16F3N3/c1-2-18-7-12-8-19-10-20(12)9-11-5-3-4-6-13(11)14(15,16)17/h3-6,8,10,18H,2,7,9H2,1H3. The number of hydrogen-bond donors (Lipinski definition) is 1. The Balaban J connectivity index is 2.25. The maximum absolute atomic E-state index is 12.9. The molecule has 0 radical (unpaired) electrons. The summed E-state index contributed by atoms with van der Waals surface area (Å²) in [5.74, 6) is 0. The van der Waals surface area contributed by atoms with Crippen LogP contribution in [0.4, 0.5) is 13.2 Å². The maximum Gasteiger partial charge on any atom is 0.416 e. The molecule has 0 amide bonds. The third-order valence-corrected chi connectivity index (χ3v) is 3.02. The number of rotatable bonds is 5. The van der Waals surface area contributed by atoms with Crippen LogP contribution in [0.3, 0.4) is 0 Å². The summed E-state index contributed by atoms with van der Waals surface area (Å²) in [6, 6.07) is 5.63. The highest BCUT2D eigenvalue weighted by atomic mass is 19.4. The van der Waals surface area contributed by atoms with Crippen molar-refractivity contribution in [1.82, 2.24) is 14.9 Å². The van der Waals surface area contributed by atoms with Gasteiger partial charge in [-0.25, -0.2) is 4.98 Å². The van der Waals surface area contributed by atoms with Crippen LogP contribution in [0, 0.1) is 0 Å². The van der Waals surface area contributed by atoms with Crippen LogP contribution in [-0.2, 0) is 19.3 Å². The molecule has 0 spiro atoms. The van der Waals surface area contributed by atoms with Crippen molar-refractivity contribution in [2.24, 2.45) is 0 Å². The van der Waals surface area contributed by atoms with Gasteiger partial charge in [0.2, 0.25) is 0 Å². The third kappa shape index (κ3) is 3.39. The van der Waals surface area contributed by atoms with Gasteiger partial charge in [0.25, 0.3) is 0 Å². The smallest absolute Gasteiger partial charge is 0.329 e. The molecule has 0 aliphatic heterocycles. The monoisotopic (exact) mass is 283 g/mol. The molecule has 6 heteroatoms. The van der Waals surface area contributed by atoms with Crippen LogP contribution < -0.4 is 5.32 Å². The zero-order valence-corrected chi connectivity index (χ0v) is 11.1. The minimum Gasteiger partial charge on any atom is -0.329 e. The van der Waals surface area contributed by atoms with Gasteiger partial charge in [-0.3, -0.25) is 0 Å². The van der Waals surface area contributed by atoms with Crippen molar-refractivity contribution in [2.75, 3.05) is 6.54 Å². The summed E-state index contributed by atoms with van der Waals surface area (Å²) in [6.07, 6.45) is -1.11. The van der Waals surface area contributed by atoms with Gasteiger partial charge in [-0.1, -0.05) is 25.1 Å². The van der Waals surface area contributed by atoms with Crippen LogP contribution in [0.25, 0.3) is 0 Å². The lowest BCUT2D eigenvalue weighted by Crippen LogP contribution is -2.17. The first kappa shape index (κ1) is 14.6. The van der Waals surface area contributed by atoms with E-state index in [-0.39, 0.29) is 12.1 Å². The maximum atomic E-state index is 12.9. The summed E-state index contributed by atoms with van der Waals surface area (Å²) in [5, 5.41) is 3.14. The van der Waals surface area contributed by atoms with E-state index in [0.717, 1.165) is 18.3 Å². The molecule has 0 fully saturated rings. The van der Waals surface area contributed by atoms with E-state index in [9.17, 15) is 13.2 Å². The van der Waals surface area contributed by atoms with Gasteiger partial charge in [-0.05, 0) is 18.2 Å². The van der Waals surface area contributed by atoms with E-state index >= 15 is 0 Å². The molecule has 0 atom stereocenters. The van der Waals surface area contributed by atoms with Gasteiger partial charge in [-0.15, -0.1) is 0 Å². The lowest BCUT2D eigenvalue weighted by Gasteiger charge is -2.14. The van der Waals surface area contributed by atoms with Crippen molar-refractivity contribution in [3.05, 3.63) is 53.6 Å². The first-order chi connectivity index (χ1) is 9.52. The number of imidazole rings is 1. The van der Waals surface area contributed by atoms with Crippen molar-refractivity contribution >= 4 is 0 Å². The molecule has 108 valence electrons. The van der Waals surface area contributed by atoms with Gasteiger partial charge in [0, 0.05) is 19.3 Å². The number of halogens is 3. The van der Waals surface area contributed by atoms with E-state index < -0.39 is 11.7 Å². The Hall–Kier alpha value is -1.82. The second-order valence-electron chi connectivity index (χ2n) is 4.45. The molecule has 1 heterocycles. The average molecular weight is 283 g/mol. The molecule has 3 nitrogen and oxygen atoms in total. The summed E-state index contributed by atoms with van der Waals surface area (Å²) in [6.45, 7) is 3.52. The molecule has 0 saturated carbocycles. The largest absolute Gasteiger partial charge is 0.416 e. The predicted octanol–water partition coefficient (Wildman–Crippen LogP) is 3.06. The van der Waals surface area contributed by atoms with Crippen LogP contribution in [0.2, 0.25) is 0 Å². The second kappa shape index (κ2) is 6.09. The molecule has 0 saturated heterocycles. The van der Waals surface area contributed by atoms with Gasteiger partial charge in [0.05, 0.1) is 17.6 Å². The summed E-state index contributed by atoms with van der Waals surface area (Å²) in [7, 11) is 0. The second-order valence-corrected chi connectivity index (χ2v) is 4.45. The van der Waals surface area contributed by atoms with Gasteiger partial charge in [0.15, 0.2) is 0 Å². The van der Waals surface area contributed by atoms with Crippen LogP contribution in [0.15, 0.2) is 36.8 Å². The lowest BCUT2D eigenvalue weighted by molar-refractivity contribution is -0.138. The quantitative estimate of drug-likeness (QED) is 0.914. The molecular formula is C14H16F3N3. The Labute approximate surface area is 115 Å². The van der Waals surface area contributed by atoms with Crippen LogP contribution in [-0.4, -0.2) is 16.1 Å². The number of alkyl halides is 3. The molecular weight excluding hydrogens is 267 g/mol. The average Bonchev–Trinajstić information content (AvgIpc) is 2.83. The topological polar surface area (TPSA) is 29.9 Å². The summed E-state index contributed by atoms with van der Waals surface area (Å²) in [5.41, 5.74) is 0.516. The molecule has 0 aliphatic carbocycles. The highest BCUT2D eigenvalue weighted by Crippen LogP contribution is 2.32. The Bertz CT molecular complexity index is 561. The first-order valence-corrected chi connectivity index (χ1v) is 6.37. The number of hydrogen-bond acceptors (Lipinski definition) is 2. The molecule has 1 N–H and O–H groups in total. The van der Waals surface area contributed by atoms with E-state index in [1.165, 1.54) is 12.1 Å². The zero-order chi connectivity index (χ0) is 14.6. The molecule has 1 aromatic heterocycles. The predicted molar refractivity (Wildman–Crippen MR) is 70.2 cm³/mol. The molecule has 20 heavy (non-hydrogen) atoms. The first-order valence-electron chi connectivity index (χ1n) is 6.37. The fourth-order valence-corrected chi connectivity index (χ4v) is 2.01. The SMILES string of the molecule is CCNCc1cncn1Cc1ccccc1C(F)(F)F. The minimum absolute atomic E-state index is 0.163. The fourth-order valence-electron chi connectivity index (χ4n) is 2.01. The normalized spacial score (nSPS) is 11.8. The summed E-state index contributed by atoms with van der Waals surface area (Å²) < 4.78 is 40.6. The van der Waals surface area contributed by atoms with Crippen molar-refractivity contribution in [1.29, 1.82) is 0 Å². The van der Waals surface area contributed by atoms with Gasteiger partial charge >= 0.3 is 6.18 Å². The lowest BCUT2D eigenvalue weighted by atomic mass is 10.1. The molecule has 0 bridgehead atoms. The highest BCUT2D eigenvalue weighted by Gasteiger charge is 2.32. The number of nitrogens with one attached hydrogen (secondary N) is 1. The Morgan fingerprint density at radius 3 is 2.70 bits per heavy atom. The van der Waals surface area contributed by atoms with E-state index in [1.807, 2.05) is 6.92 Å². The van der Waals surface area contributed by atoms with Crippen molar-refractivity contribution in [2.45, 2.75) is 26.2 Å². The number of aromatic nitrogens is 2. The number of benzene rings is 1. The van der Waals surface area contributed by atoms with Crippen molar-refractivity contribution < 1.29 is 13.2 Å². The van der Waals surface area contributed by atoms with E-state index in [1.54, 1.807) is 23.2 Å². The van der Waals surface area contributed by atoms with Crippen LogP contribution >= 0.6 is 0 Å². The molecule has 0 unspecified atom stereocenters. The molecule has 1 aromatic carbocycles. The summed E-state index contributed by atoms with van der Waals surface area (Å²) >= 11 is 0. The molecule has 2 rings (SSSR count). The molecule has 2 aromatic rings. The fraction of sp³-hybridized carbons (Fsp3) is 0.357. The van der Waals surface area contributed by atoms with Crippen molar-refractivity contribution in [3.63, 3.8) is 0 Å². The van der Waals surface area contributed by atoms with Gasteiger partial charge in [0.1, 0.15) is 0 Å².